The highest BCUT2D eigenvalue weighted by atomic mass is 16.4. The number of allylic oxidation sites excluding steroid dienone is 8. The third kappa shape index (κ3) is 5.65. The normalized spacial score (nSPS) is 18.6. The van der Waals surface area contributed by atoms with Gasteiger partial charge >= 0.3 is 11.9 Å². The van der Waals surface area contributed by atoms with Crippen molar-refractivity contribution in [3.63, 3.8) is 0 Å². The Hall–Kier alpha value is -4.19. The summed E-state index contributed by atoms with van der Waals surface area (Å²) in [4.78, 5) is 24.7. The van der Waals surface area contributed by atoms with Crippen molar-refractivity contribution >= 4 is 29.0 Å². The molecule has 2 N–H and O–H groups in total. The molecule has 2 aliphatic heterocycles. The molecule has 0 aromatic heterocycles. The van der Waals surface area contributed by atoms with Gasteiger partial charge in [-0.3, -0.25) is 9.59 Å². The van der Waals surface area contributed by atoms with E-state index in [1.165, 1.54) is 11.1 Å². The van der Waals surface area contributed by atoms with E-state index in [4.69, 9.17) is 0 Å². The van der Waals surface area contributed by atoms with E-state index in [0.717, 1.165) is 22.8 Å². The largest absolute Gasteiger partial charge is 0.481 e. The monoisotopic (exact) mass is 525 g/mol. The lowest BCUT2D eigenvalue weighted by atomic mass is 9.81. The molecule has 0 aliphatic carbocycles. The lowest BCUT2D eigenvalue weighted by molar-refractivity contribution is -0.436. The van der Waals surface area contributed by atoms with Crippen LogP contribution in [0.3, 0.4) is 0 Å². The minimum absolute atomic E-state index is 0.0682. The maximum Gasteiger partial charge on any atom is 0.309 e. The Balaban J connectivity index is 1.53. The van der Waals surface area contributed by atoms with Crippen LogP contribution in [-0.2, 0) is 20.4 Å². The van der Waals surface area contributed by atoms with E-state index in [9.17, 15) is 19.8 Å². The van der Waals surface area contributed by atoms with Crippen molar-refractivity contribution in [2.75, 3.05) is 18.0 Å². The molecule has 6 nitrogen and oxygen atoms in total. The van der Waals surface area contributed by atoms with Crippen molar-refractivity contribution in [2.24, 2.45) is 0 Å². The quantitative estimate of drug-likeness (QED) is 0.279. The topological polar surface area (TPSA) is 80.9 Å². The van der Waals surface area contributed by atoms with E-state index < -0.39 is 11.9 Å². The summed E-state index contributed by atoms with van der Waals surface area (Å²) in [7, 11) is 0. The maximum atomic E-state index is 11.3. The van der Waals surface area contributed by atoms with Crippen molar-refractivity contribution < 1.29 is 24.4 Å². The van der Waals surface area contributed by atoms with Crippen molar-refractivity contribution in [1.82, 2.24) is 0 Å². The van der Waals surface area contributed by atoms with E-state index in [1.807, 2.05) is 54.6 Å². The average molecular weight is 526 g/mol. The highest BCUT2D eigenvalue weighted by molar-refractivity contribution is 6.03. The summed E-state index contributed by atoms with van der Waals surface area (Å²) >= 11 is 0. The second-order valence-corrected chi connectivity index (χ2v) is 10.9. The van der Waals surface area contributed by atoms with Gasteiger partial charge in [-0.1, -0.05) is 80.6 Å². The number of nitrogens with zero attached hydrogens (tertiary/aromatic N) is 2. The van der Waals surface area contributed by atoms with Gasteiger partial charge in [0.05, 0.1) is 11.8 Å². The molecule has 2 aliphatic rings. The Morgan fingerprint density at radius 3 is 2.13 bits per heavy atom. The van der Waals surface area contributed by atoms with E-state index in [2.05, 4.69) is 73.6 Å². The molecule has 2 aromatic rings. The number of rotatable bonds is 10. The molecule has 0 amide bonds. The van der Waals surface area contributed by atoms with Gasteiger partial charge in [0, 0.05) is 41.1 Å². The van der Waals surface area contributed by atoms with Crippen LogP contribution in [0.25, 0.3) is 0 Å². The summed E-state index contributed by atoms with van der Waals surface area (Å²) < 4.78 is 2.11. The number of carbonyl (C=O) groups is 2. The molecule has 0 spiro atoms. The van der Waals surface area contributed by atoms with Crippen molar-refractivity contribution in [2.45, 2.75) is 51.4 Å². The van der Waals surface area contributed by atoms with Crippen LogP contribution in [0.2, 0.25) is 0 Å². The SMILES string of the molecule is CC1(C)C(=CC=CC=CC=CC2=[N+](CCC(=O)O)c3ccccc3C2(C)C)N(CCC(=O)O)c2ccccc21. The zero-order chi connectivity index (χ0) is 28.2. The molecule has 0 radical (unpaired) electrons. The Morgan fingerprint density at radius 1 is 0.795 bits per heavy atom. The lowest BCUT2D eigenvalue weighted by Crippen LogP contribution is -2.28. The fraction of sp³-hybridized carbons (Fsp3) is 0.303. The molecule has 6 heteroatoms. The van der Waals surface area contributed by atoms with Crippen molar-refractivity contribution in [1.29, 1.82) is 0 Å². The van der Waals surface area contributed by atoms with Crippen LogP contribution in [-0.4, -0.2) is 45.5 Å². The number of hydrogen-bond acceptors (Lipinski definition) is 3. The van der Waals surface area contributed by atoms with Gasteiger partial charge in [0.15, 0.2) is 12.3 Å². The molecule has 0 bridgehead atoms. The van der Waals surface area contributed by atoms with Gasteiger partial charge < -0.3 is 15.1 Å². The minimum atomic E-state index is -0.810. The van der Waals surface area contributed by atoms with Gasteiger partial charge in [0.1, 0.15) is 6.42 Å². The van der Waals surface area contributed by atoms with Gasteiger partial charge in [-0.15, -0.1) is 0 Å². The highest BCUT2D eigenvalue weighted by Gasteiger charge is 2.44. The van der Waals surface area contributed by atoms with Gasteiger partial charge in [0.2, 0.25) is 5.69 Å². The number of fused-ring (bicyclic) bond motifs is 2. The number of benzene rings is 2. The number of anilines is 1. The van der Waals surface area contributed by atoms with Gasteiger partial charge in [-0.25, -0.2) is 0 Å². The number of para-hydroxylation sites is 2. The van der Waals surface area contributed by atoms with Crippen LogP contribution >= 0.6 is 0 Å². The van der Waals surface area contributed by atoms with Crippen molar-refractivity contribution in [3.8, 4) is 0 Å². The number of carboxylic acid groups (broad SMARTS) is 2. The van der Waals surface area contributed by atoms with E-state index in [1.54, 1.807) is 0 Å². The lowest BCUT2D eigenvalue weighted by Gasteiger charge is -2.26. The van der Waals surface area contributed by atoms with Crippen LogP contribution in [0.4, 0.5) is 11.4 Å². The molecule has 4 rings (SSSR count). The Bertz CT molecular complexity index is 1420. The summed E-state index contributed by atoms with van der Waals surface area (Å²) in [6.45, 7) is 9.50. The van der Waals surface area contributed by atoms with Crippen LogP contribution in [0.15, 0.2) is 96.8 Å². The molecule has 2 aromatic carbocycles. The van der Waals surface area contributed by atoms with Gasteiger partial charge in [0.25, 0.3) is 0 Å². The molecule has 202 valence electrons. The summed E-state index contributed by atoms with van der Waals surface area (Å²) in [5.74, 6) is -1.62. The third-order valence-corrected chi connectivity index (χ3v) is 7.65. The predicted octanol–water partition coefficient (Wildman–Crippen LogP) is 6.36. The molecular formula is C33H37N2O4+. The number of hydrogen-bond donors (Lipinski definition) is 2. The summed E-state index contributed by atoms with van der Waals surface area (Å²) in [6, 6.07) is 16.3. The minimum Gasteiger partial charge on any atom is -0.481 e. The molecule has 0 unspecified atom stereocenters. The molecule has 0 saturated heterocycles. The van der Waals surface area contributed by atoms with Crippen LogP contribution in [0, 0.1) is 0 Å². The van der Waals surface area contributed by atoms with Gasteiger partial charge in [-0.2, -0.15) is 4.58 Å². The van der Waals surface area contributed by atoms with E-state index in [0.29, 0.717) is 13.1 Å². The summed E-state index contributed by atoms with van der Waals surface area (Å²) in [5.41, 5.74) is 6.18. The Morgan fingerprint density at radius 2 is 1.41 bits per heavy atom. The van der Waals surface area contributed by atoms with Crippen molar-refractivity contribution in [3.05, 3.63) is 108 Å². The second kappa shape index (κ2) is 11.3. The zero-order valence-corrected chi connectivity index (χ0v) is 23.1. The van der Waals surface area contributed by atoms with E-state index in [-0.39, 0.29) is 23.7 Å². The maximum absolute atomic E-state index is 11.3. The van der Waals surface area contributed by atoms with E-state index >= 15 is 0 Å². The first-order valence-corrected chi connectivity index (χ1v) is 13.3. The smallest absolute Gasteiger partial charge is 0.309 e. The predicted molar refractivity (Wildman–Crippen MR) is 156 cm³/mol. The fourth-order valence-corrected chi connectivity index (χ4v) is 5.66. The molecule has 0 fully saturated rings. The standard InChI is InChI=1S/C33H36N2O4/c1-32(2)24-14-10-12-16-26(24)34(22-20-30(36)37)28(32)18-8-6-5-7-9-19-29-33(3,4)25-15-11-13-17-27(25)35(29)23-21-31(38)39/h5-19H,20-23H2,1-4H3,(H-,36,37,38,39)/p+1. The Labute approximate surface area is 230 Å². The van der Waals surface area contributed by atoms with Gasteiger partial charge in [-0.05, 0) is 31.6 Å². The van der Waals surface area contributed by atoms with Crippen LogP contribution in [0.5, 0.6) is 0 Å². The second-order valence-electron chi connectivity index (χ2n) is 10.9. The zero-order valence-electron chi connectivity index (χ0n) is 23.1. The summed E-state index contributed by atoms with van der Waals surface area (Å²) in [5, 5.41) is 18.5. The molecule has 0 saturated carbocycles. The Kier molecular flexibility index (Phi) is 8.05. The van der Waals surface area contributed by atoms with Crippen LogP contribution < -0.4 is 4.90 Å². The number of carboxylic acids is 2. The van der Waals surface area contributed by atoms with Crippen LogP contribution in [0.1, 0.15) is 51.7 Å². The molecule has 2 heterocycles. The highest BCUT2D eigenvalue weighted by Crippen LogP contribution is 2.47. The third-order valence-electron chi connectivity index (χ3n) is 7.65. The number of aliphatic carboxylic acids is 2. The first-order chi connectivity index (χ1) is 18.5. The molecule has 0 atom stereocenters. The average Bonchev–Trinajstić information content (AvgIpc) is 3.24. The molecule has 39 heavy (non-hydrogen) atoms. The summed E-state index contributed by atoms with van der Waals surface area (Å²) in [6.07, 6.45) is 14.1. The molecular weight excluding hydrogens is 488 g/mol. The fourth-order valence-electron chi connectivity index (χ4n) is 5.66. The first-order valence-electron chi connectivity index (χ1n) is 13.3. The first kappa shape index (κ1) is 27.8.